The summed E-state index contributed by atoms with van der Waals surface area (Å²) < 4.78 is 19.0. The number of rotatable bonds is 3. The van der Waals surface area contributed by atoms with Gasteiger partial charge in [-0.05, 0) is 49.8 Å². The topological polar surface area (TPSA) is 66.8 Å². The minimum Gasteiger partial charge on any atom is -0.507 e. The molecule has 1 aliphatic heterocycles. The van der Waals surface area contributed by atoms with Gasteiger partial charge in [0.2, 0.25) is 0 Å². The third-order valence-corrected chi connectivity index (χ3v) is 3.82. The van der Waals surface area contributed by atoms with Crippen LogP contribution in [0.3, 0.4) is 0 Å². The SMILES string of the molecule is CC1(C)C=Cc2c(O)cc(O)c(C(=O)/C=C/c3cccc(F)c3)c2O1. The van der Waals surface area contributed by atoms with Crippen LogP contribution in [0.5, 0.6) is 17.2 Å². The van der Waals surface area contributed by atoms with E-state index in [1.54, 1.807) is 32.1 Å². The van der Waals surface area contributed by atoms with Crippen molar-refractivity contribution >= 4 is 17.9 Å². The number of hydrogen-bond donors (Lipinski definition) is 2. The van der Waals surface area contributed by atoms with Crippen molar-refractivity contribution in [1.82, 2.24) is 0 Å². The third kappa shape index (κ3) is 3.40. The maximum absolute atomic E-state index is 13.2. The normalized spacial score (nSPS) is 15.0. The van der Waals surface area contributed by atoms with Gasteiger partial charge in [-0.15, -0.1) is 0 Å². The number of phenols is 2. The van der Waals surface area contributed by atoms with Crippen LogP contribution in [0.1, 0.15) is 35.3 Å². The molecule has 2 aromatic rings. The Bertz CT molecular complexity index is 910. The summed E-state index contributed by atoms with van der Waals surface area (Å²) in [7, 11) is 0. The highest BCUT2D eigenvalue weighted by Gasteiger charge is 2.29. The molecule has 0 radical (unpaired) electrons. The van der Waals surface area contributed by atoms with Crippen molar-refractivity contribution < 1.29 is 24.1 Å². The monoisotopic (exact) mass is 340 g/mol. The summed E-state index contributed by atoms with van der Waals surface area (Å²) in [5.74, 6) is -1.35. The second-order valence-corrected chi connectivity index (χ2v) is 6.32. The van der Waals surface area contributed by atoms with Crippen molar-refractivity contribution in [3.63, 3.8) is 0 Å². The van der Waals surface area contributed by atoms with Crippen molar-refractivity contribution in [2.45, 2.75) is 19.4 Å². The summed E-state index contributed by atoms with van der Waals surface area (Å²) in [4.78, 5) is 12.6. The third-order valence-electron chi connectivity index (χ3n) is 3.82. The zero-order chi connectivity index (χ0) is 18.2. The molecule has 0 bridgehead atoms. The van der Waals surface area contributed by atoms with Crippen LogP contribution in [0.2, 0.25) is 0 Å². The number of ether oxygens (including phenoxy) is 1. The molecule has 2 N–H and O–H groups in total. The highest BCUT2D eigenvalue weighted by atomic mass is 19.1. The molecule has 5 heteroatoms. The largest absolute Gasteiger partial charge is 0.507 e. The Kier molecular flexibility index (Phi) is 4.08. The van der Waals surface area contributed by atoms with Crippen LogP contribution in [0, 0.1) is 5.82 Å². The van der Waals surface area contributed by atoms with E-state index >= 15 is 0 Å². The second-order valence-electron chi connectivity index (χ2n) is 6.32. The minimum atomic E-state index is -0.686. The van der Waals surface area contributed by atoms with E-state index in [1.165, 1.54) is 30.4 Å². The van der Waals surface area contributed by atoms with Crippen LogP contribution in [0.25, 0.3) is 12.2 Å². The average Bonchev–Trinajstić information content (AvgIpc) is 2.51. The van der Waals surface area contributed by atoms with Gasteiger partial charge in [0.15, 0.2) is 5.78 Å². The van der Waals surface area contributed by atoms with Gasteiger partial charge in [0.1, 0.15) is 34.2 Å². The number of allylic oxidation sites excluding steroid dienone is 1. The lowest BCUT2D eigenvalue weighted by Crippen LogP contribution is -2.28. The molecule has 0 aliphatic carbocycles. The quantitative estimate of drug-likeness (QED) is 0.645. The average molecular weight is 340 g/mol. The van der Waals surface area contributed by atoms with E-state index in [0.717, 1.165) is 6.07 Å². The number of ketones is 1. The summed E-state index contributed by atoms with van der Waals surface area (Å²) in [6.45, 7) is 3.59. The fourth-order valence-electron chi connectivity index (χ4n) is 2.60. The highest BCUT2D eigenvalue weighted by Crippen LogP contribution is 2.43. The van der Waals surface area contributed by atoms with Gasteiger partial charge in [-0.2, -0.15) is 0 Å². The van der Waals surface area contributed by atoms with E-state index in [-0.39, 0.29) is 22.8 Å². The van der Waals surface area contributed by atoms with Crippen LogP contribution in [0.4, 0.5) is 4.39 Å². The number of fused-ring (bicyclic) bond motifs is 1. The standard InChI is InChI=1S/C20H17FO4/c1-20(2)9-8-14-16(23)11-17(24)18(19(14)25-20)15(22)7-6-12-4-3-5-13(21)10-12/h3-11,23-24H,1-2H3/b7-6+. The second kappa shape index (κ2) is 6.09. The van der Waals surface area contributed by atoms with Gasteiger partial charge in [-0.25, -0.2) is 4.39 Å². The zero-order valence-electron chi connectivity index (χ0n) is 13.8. The number of phenolic OH excluding ortho intramolecular Hbond substituents is 2. The molecule has 1 aliphatic rings. The molecule has 3 rings (SSSR count). The van der Waals surface area contributed by atoms with Crippen molar-refractivity contribution in [2.24, 2.45) is 0 Å². The summed E-state index contributed by atoms with van der Waals surface area (Å²) >= 11 is 0. The van der Waals surface area contributed by atoms with E-state index in [9.17, 15) is 19.4 Å². The van der Waals surface area contributed by atoms with Gasteiger partial charge in [-0.1, -0.05) is 18.2 Å². The Morgan fingerprint density at radius 2 is 1.96 bits per heavy atom. The summed E-state index contributed by atoms with van der Waals surface area (Å²) in [6, 6.07) is 6.90. The van der Waals surface area contributed by atoms with E-state index in [0.29, 0.717) is 11.1 Å². The molecular weight excluding hydrogens is 323 g/mol. The predicted octanol–water partition coefficient (Wildman–Crippen LogP) is 4.32. The highest BCUT2D eigenvalue weighted by molar-refractivity contribution is 6.11. The molecule has 0 saturated carbocycles. The molecule has 0 fully saturated rings. The predicted molar refractivity (Wildman–Crippen MR) is 93.3 cm³/mol. The lowest BCUT2D eigenvalue weighted by atomic mass is 9.96. The van der Waals surface area contributed by atoms with Crippen LogP contribution in [0.15, 0.2) is 42.5 Å². The molecule has 2 aromatic carbocycles. The van der Waals surface area contributed by atoms with Crippen LogP contribution in [-0.4, -0.2) is 21.6 Å². The number of aromatic hydroxyl groups is 2. The Labute approximate surface area is 144 Å². The van der Waals surface area contributed by atoms with Crippen LogP contribution >= 0.6 is 0 Å². The zero-order valence-corrected chi connectivity index (χ0v) is 13.8. The van der Waals surface area contributed by atoms with Crippen molar-refractivity contribution in [1.29, 1.82) is 0 Å². The first-order valence-electron chi connectivity index (χ1n) is 7.72. The van der Waals surface area contributed by atoms with Crippen molar-refractivity contribution in [2.75, 3.05) is 0 Å². The fourth-order valence-corrected chi connectivity index (χ4v) is 2.60. The lowest BCUT2D eigenvalue weighted by Gasteiger charge is -2.29. The molecule has 1 heterocycles. The Morgan fingerprint density at radius 3 is 2.68 bits per heavy atom. The van der Waals surface area contributed by atoms with Gasteiger partial charge in [0, 0.05) is 6.07 Å². The maximum atomic E-state index is 13.2. The van der Waals surface area contributed by atoms with E-state index < -0.39 is 17.2 Å². The van der Waals surface area contributed by atoms with Crippen molar-refractivity contribution in [3.05, 3.63) is 65.0 Å². The van der Waals surface area contributed by atoms with Gasteiger partial charge >= 0.3 is 0 Å². The minimum absolute atomic E-state index is 0.0436. The summed E-state index contributed by atoms with van der Waals surface area (Å²) in [5.41, 5.74) is 0.119. The van der Waals surface area contributed by atoms with Gasteiger partial charge < -0.3 is 14.9 Å². The fraction of sp³-hybridized carbons (Fsp3) is 0.150. The summed E-state index contributed by atoms with van der Waals surface area (Å²) in [5, 5.41) is 20.1. The van der Waals surface area contributed by atoms with Crippen LogP contribution < -0.4 is 4.74 Å². The lowest BCUT2D eigenvalue weighted by molar-refractivity contribution is 0.103. The molecular formula is C20H17FO4. The van der Waals surface area contributed by atoms with E-state index in [4.69, 9.17) is 4.74 Å². The van der Waals surface area contributed by atoms with Gasteiger partial charge in [-0.3, -0.25) is 4.79 Å². The number of hydrogen-bond acceptors (Lipinski definition) is 4. The van der Waals surface area contributed by atoms with E-state index in [2.05, 4.69) is 0 Å². The molecule has 4 nitrogen and oxygen atoms in total. The van der Waals surface area contributed by atoms with Crippen molar-refractivity contribution in [3.8, 4) is 17.2 Å². The number of carbonyl (C=O) groups is 1. The smallest absolute Gasteiger partial charge is 0.193 e. The molecule has 0 unspecified atom stereocenters. The molecule has 0 atom stereocenters. The molecule has 0 spiro atoms. The first-order valence-corrected chi connectivity index (χ1v) is 7.72. The molecule has 0 amide bonds. The molecule has 128 valence electrons. The van der Waals surface area contributed by atoms with Crippen LogP contribution in [-0.2, 0) is 0 Å². The van der Waals surface area contributed by atoms with Gasteiger partial charge in [0.25, 0.3) is 0 Å². The Balaban J connectivity index is 2.03. The number of halogens is 1. The van der Waals surface area contributed by atoms with Gasteiger partial charge in [0.05, 0.1) is 5.56 Å². The maximum Gasteiger partial charge on any atom is 0.193 e. The molecule has 0 aromatic heterocycles. The first kappa shape index (κ1) is 16.8. The Hall–Kier alpha value is -3.08. The summed E-state index contributed by atoms with van der Waals surface area (Å²) in [6.07, 6.45) is 6.09. The first-order chi connectivity index (χ1) is 11.8. The van der Waals surface area contributed by atoms with E-state index in [1.807, 2.05) is 0 Å². The molecule has 25 heavy (non-hydrogen) atoms. The Morgan fingerprint density at radius 1 is 1.20 bits per heavy atom. The molecule has 0 saturated heterocycles. The number of carbonyl (C=O) groups excluding carboxylic acids is 1. The number of benzene rings is 2.